The van der Waals surface area contributed by atoms with E-state index < -0.39 is 11.7 Å². The van der Waals surface area contributed by atoms with Crippen molar-refractivity contribution >= 4 is 23.2 Å². The molecular weight excluding hydrogens is 369 g/mol. The first-order valence-corrected chi connectivity index (χ1v) is 8.49. The maximum absolute atomic E-state index is 13.8. The maximum atomic E-state index is 13.8. The molecule has 0 aliphatic rings. The Morgan fingerprint density at radius 3 is 2.70 bits per heavy atom. The van der Waals surface area contributed by atoms with Gasteiger partial charge in [-0.25, -0.2) is 4.39 Å². The van der Waals surface area contributed by atoms with Gasteiger partial charge in [-0.15, -0.1) is 10.2 Å². The van der Waals surface area contributed by atoms with Crippen LogP contribution in [0.1, 0.15) is 16.2 Å². The van der Waals surface area contributed by atoms with Gasteiger partial charge in [-0.05, 0) is 30.3 Å². The molecule has 2 aromatic heterocycles. The van der Waals surface area contributed by atoms with Crippen LogP contribution >= 0.6 is 11.6 Å². The molecule has 0 spiro atoms. The van der Waals surface area contributed by atoms with Gasteiger partial charge in [0, 0.05) is 10.6 Å². The number of benzene rings is 2. The highest BCUT2D eigenvalue weighted by Gasteiger charge is 2.14. The fourth-order valence-electron chi connectivity index (χ4n) is 2.63. The van der Waals surface area contributed by atoms with Gasteiger partial charge in [0.2, 0.25) is 0 Å². The normalized spacial score (nSPS) is 10.9. The molecule has 0 fully saturated rings. The Kier molecular flexibility index (Phi) is 4.52. The smallest absolute Gasteiger partial charge is 0.254 e. The van der Waals surface area contributed by atoms with E-state index in [9.17, 15) is 9.18 Å². The second kappa shape index (κ2) is 7.13. The number of carbonyl (C=O) groups excluding carboxylic acids is 1. The fraction of sp³-hybridized carbons (Fsp3) is 0.0526. The van der Waals surface area contributed by atoms with E-state index >= 15 is 0 Å². The Labute approximate surface area is 158 Å². The molecule has 0 bridgehead atoms. The van der Waals surface area contributed by atoms with Gasteiger partial charge in [-0.3, -0.25) is 4.79 Å². The molecule has 4 aromatic rings. The lowest BCUT2D eigenvalue weighted by Crippen LogP contribution is -2.25. The molecule has 0 aliphatic carbocycles. The van der Waals surface area contributed by atoms with Gasteiger partial charge in [0.05, 0.1) is 17.8 Å². The third kappa shape index (κ3) is 3.50. The summed E-state index contributed by atoms with van der Waals surface area (Å²) < 4.78 is 15.4. The van der Waals surface area contributed by atoms with E-state index in [0.717, 1.165) is 17.3 Å². The molecule has 0 atom stereocenters. The minimum atomic E-state index is -0.646. The lowest BCUT2D eigenvalue weighted by atomic mass is 10.1. The highest BCUT2D eigenvalue weighted by atomic mass is 35.5. The summed E-state index contributed by atoms with van der Waals surface area (Å²) in [5.41, 5.74) is 2.11. The summed E-state index contributed by atoms with van der Waals surface area (Å²) in [4.78, 5) is 12.2. The van der Waals surface area contributed by atoms with Crippen molar-refractivity contribution in [3.8, 4) is 11.3 Å². The second-order valence-corrected chi connectivity index (χ2v) is 6.21. The minimum absolute atomic E-state index is 0.0389. The summed E-state index contributed by atoms with van der Waals surface area (Å²) in [5.74, 6) is -0.808. The van der Waals surface area contributed by atoms with Crippen LogP contribution in [0.5, 0.6) is 0 Å². The van der Waals surface area contributed by atoms with Crippen LogP contribution in [-0.2, 0) is 6.54 Å². The van der Waals surface area contributed by atoms with Gasteiger partial charge in [0.15, 0.2) is 11.5 Å². The predicted molar refractivity (Wildman–Crippen MR) is 98.8 cm³/mol. The van der Waals surface area contributed by atoms with Gasteiger partial charge >= 0.3 is 0 Å². The number of hydrogen-bond donors (Lipinski definition) is 1. The van der Waals surface area contributed by atoms with Gasteiger partial charge in [0.1, 0.15) is 5.82 Å². The third-order valence-electron chi connectivity index (χ3n) is 3.98. The van der Waals surface area contributed by atoms with Crippen LogP contribution in [-0.4, -0.2) is 25.7 Å². The molecule has 0 unspecified atom stereocenters. The summed E-state index contributed by atoms with van der Waals surface area (Å²) in [6, 6.07) is 17.1. The highest BCUT2D eigenvalue weighted by Crippen LogP contribution is 2.17. The van der Waals surface area contributed by atoms with Crippen molar-refractivity contribution in [2.24, 2.45) is 0 Å². The quantitative estimate of drug-likeness (QED) is 0.587. The summed E-state index contributed by atoms with van der Waals surface area (Å²) >= 11 is 5.83. The second-order valence-electron chi connectivity index (χ2n) is 5.78. The van der Waals surface area contributed by atoms with Crippen molar-refractivity contribution in [3.63, 3.8) is 0 Å². The van der Waals surface area contributed by atoms with Crippen LogP contribution in [0, 0.1) is 5.82 Å². The molecule has 0 aliphatic heterocycles. The molecule has 4 rings (SSSR count). The monoisotopic (exact) mass is 381 g/mol. The van der Waals surface area contributed by atoms with Crippen molar-refractivity contribution < 1.29 is 9.18 Å². The van der Waals surface area contributed by atoms with Crippen molar-refractivity contribution in [1.82, 2.24) is 25.1 Å². The molecule has 0 radical (unpaired) electrons. The molecular formula is C19H13ClFN5O. The third-order valence-corrected chi connectivity index (χ3v) is 4.21. The lowest BCUT2D eigenvalue weighted by Gasteiger charge is -2.06. The van der Waals surface area contributed by atoms with Crippen molar-refractivity contribution in [1.29, 1.82) is 0 Å². The number of fused-ring (bicyclic) bond motifs is 1. The van der Waals surface area contributed by atoms with E-state index in [-0.39, 0.29) is 17.1 Å². The minimum Gasteiger partial charge on any atom is -0.345 e. The van der Waals surface area contributed by atoms with Crippen LogP contribution in [0.3, 0.4) is 0 Å². The van der Waals surface area contributed by atoms with E-state index in [2.05, 4.69) is 20.6 Å². The predicted octanol–water partition coefficient (Wildman–Crippen LogP) is 3.51. The largest absolute Gasteiger partial charge is 0.345 e. The molecule has 8 heteroatoms. The molecule has 2 aromatic carbocycles. The SMILES string of the molecule is O=C(NCc1nnc2ccc(-c3ccccc3)nn12)c1cc(Cl)ccc1F. The first-order chi connectivity index (χ1) is 13.1. The molecule has 6 nitrogen and oxygen atoms in total. The Hall–Kier alpha value is -3.32. The Bertz CT molecular complexity index is 1130. The average Bonchev–Trinajstić information content (AvgIpc) is 3.11. The van der Waals surface area contributed by atoms with Crippen LogP contribution in [0.2, 0.25) is 5.02 Å². The standard InChI is InChI=1S/C19H13ClFN5O/c20-13-6-7-15(21)14(10-13)19(27)22-11-18-24-23-17-9-8-16(25-26(17)18)12-4-2-1-3-5-12/h1-10H,11H2,(H,22,27). The van der Waals surface area contributed by atoms with Crippen LogP contribution in [0.4, 0.5) is 4.39 Å². The zero-order chi connectivity index (χ0) is 18.8. The molecule has 27 heavy (non-hydrogen) atoms. The average molecular weight is 382 g/mol. The van der Waals surface area contributed by atoms with Crippen molar-refractivity contribution in [2.75, 3.05) is 0 Å². The molecule has 1 N–H and O–H groups in total. The number of nitrogens with one attached hydrogen (secondary N) is 1. The van der Waals surface area contributed by atoms with E-state index in [1.54, 1.807) is 10.6 Å². The maximum Gasteiger partial charge on any atom is 0.254 e. The number of rotatable bonds is 4. The fourth-order valence-corrected chi connectivity index (χ4v) is 2.80. The van der Waals surface area contributed by atoms with E-state index in [0.29, 0.717) is 11.5 Å². The molecule has 1 amide bonds. The number of carbonyl (C=O) groups is 1. The van der Waals surface area contributed by atoms with Gasteiger partial charge in [-0.2, -0.15) is 9.61 Å². The van der Waals surface area contributed by atoms with E-state index in [1.165, 1.54) is 12.1 Å². The zero-order valence-electron chi connectivity index (χ0n) is 13.9. The first kappa shape index (κ1) is 17.1. The van der Waals surface area contributed by atoms with Crippen molar-refractivity contribution in [3.05, 3.63) is 82.9 Å². The first-order valence-electron chi connectivity index (χ1n) is 8.12. The van der Waals surface area contributed by atoms with Crippen molar-refractivity contribution in [2.45, 2.75) is 6.54 Å². The number of nitrogens with zero attached hydrogens (tertiary/aromatic N) is 4. The highest BCUT2D eigenvalue weighted by molar-refractivity contribution is 6.31. The number of hydrogen-bond acceptors (Lipinski definition) is 4. The number of aromatic nitrogens is 4. The lowest BCUT2D eigenvalue weighted by molar-refractivity contribution is 0.0945. The summed E-state index contributed by atoms with van der Waals surface area (Å²) in [6.45, 7) is 0.0389. The molecule has 0 saturated carbocycles. The van der Waals surface area contributed by atoms with Gasteiger partial charge < -0.3 is 5.32 Å². The Morgan fingerprint density at radius 1 is 1.07 bits per heavy atom. The summed E-state index contributed by atoms with van der Waals surface area (Å²) in [6.07, 6.45) is 0. The van der Waals surface area contributed by atoms with Crippen LogP contribution in [0.25, 0.3) is 16.9 Å². The van der Waals surface area contributed by atoms with Crippen LogP contribution in [0.15, 0.2) is 60.7 Å². The number of amides is 1. The van der Waals surface area contributed by atoms with E-state index in [4.69, 9.17) is 11.6 Å². The molecule has 134 valence electrons. The molecule has 0 saturated heterocycles. The summed E-state index contributed by atoms with van der Waals surface area (Å²) in [5, 5.41) is 15.5. The topological polar surface area (TPSA) is 72.2 Å². The Balaban J connectivity index is 1.59. The summed E-state index contributed by atoms with van der Waals surface area (Å²) in [7, 11) is 0. The van der Waals surface area contributed by atoms with Gasteiger partial charge in [0.25, 0.3) is 5.91 Å². The Morgan fingerprint density at radius 2 is 1.89 bits per heavy atom. The number of halogens is 2. The zero-order valence-corrected chi connectivity index (χ0v) is 14.7. The van der Waals surface area contributed by atoms with Crippen LogP contribution < -0.4 is 5.32 Å². The van der Waals surface area contributed by atoms with Gasteiger partial charge in [-0.1, -0.05) is 41.9 Å². The molecule has 2 heterocycles. The van der Waals surface area contributed by atoms with E-state index in [1.807, 2.05) is 36.4 Å².